The molecule has 0 aromatic heterocycles. The third-order valence-corrected chi connectivity index (χ3v) is 8.25. The Kier molecular flexibility index (Phi) is 10.6. The number of fused-ring (bicyclic) bond motifs is 1. The smallest absolute Gasteiger partial charge is 0.407 e. The van der Waals surface area contributed by atoms with Gasteiger partial charge in [0.05, 0.1) is 6.61 Å². The van der Waals surface area contributed by atoms with Gasteiger partial charge in [-0.25, -0.2) is 14.4 Å². The Labute approximate surface area is 253 Å². The number of carboxylic acid groups (broad SMARTS) is 1. The predicted octanol–water partition coefficient (Wildman–Crippen LogP) is 3.53. The van der Waals surface area contributed by atoms with Crippen LogP contribution >= 0.6 is 11.8 Å². The van der Waals surface area contributed by atoms with Crippen molar-refractivity contribution in [2.24, 2.45) is 0 Å². The monoisotopic (exact) mass is 607 g/mol. The van der Waals surface area contributed by atoms with Crippen LogP contribution in [0.25, 0.3) is 0 Å². The van der Waals surface area contributed by atoms with E-state index < -0.39 is 53.4 Å². The predicted molar refractivity (Wildman–Crippen MR) is 158 cm³/mol. The normalized spacial score (nSPS) is 18.2. The van der Waals surface area contributed by atoms with Gasteiger partial charge in [0.2, 0.25) is 5.91 Å². The summed E-state index contributed by atoms with van der Waals surface area (Å²) in [6.07, 6.45) is 0.105. The largest absolute Gasteiger partial charge is 0.477 e. The van der Waals surface area contributed by atoms with E-state index in [1.165, 1.54) is 22.7 Å². The summed E-state index contributed by atoms with van der Waals surface area (Å²) in [6, 6.07) is 16.4. The molecule has 0 saturated carbocycles. The number of rotatable bonds is 13. The van der Waals surface area contributed by atoms with Gasteiger partial charge in [0, 0.05) is 12.2 Å². The van der Waals surface area contributed by atoms with Gasteiger partial charge in [-0.3, -0.25) is 14.5 Å². The Morgan fingerprint density at radius 3 is 2.28 bits per heavy atom. The zero-order valence-electron chi connectivity index (χ0n) is 23.6. The van der Waals surface area contributed by atoms with E-state index in [0.29, 0.717) is 11.3 Å². The summed E-state index contributed by atoms with van der Waals surface area (Å²) < 4.78 is 10.9. The van der Waals surface area contributed by atoms with Crippen LogP contribution in [0.5, 0.6) is 0 Å². The first-order chi connectivity index (χ1) is 20.7. The number of β-lactam (4-membered cyclic amide) rings is 1. The quantitative estimate of drug-likeness (QED) is 0.229. The number of nitrogens with one attached hydrogen (secondary N) is 2. The Morgan fingerprint density at radius 1 is 1.09 bits per heavy atom. The molecule has 3 amide bonds. The zero-order valence-corrected chi connectivity index (χ0v) is 24.4. The lowest BCUT2D eigenvalue weighted by molar-refractivity contribution is -0.151. The molecule has 1 saturated heterocycles. The van der Waals surface area contributed by atoms with Crippen molar-refractivity contribution in [2.75, 3.05) is 12.4 Å². The van der Waals surface area contributed by atoms with Gasteiger partial charge in [-0.15, -0.1) is 11.8 Å². The van der Waals surface area contributed by atoms with E-state index in [1.807, 2.05) is 60.7 Å². The molecule has 0 aliphatic carbocycles. The van der Waals surface area contributed by atoms with Crippen molar-refractivity contribution in [1.29, 1.82) is 0 Å². The topological polar surface area (TPSA) is 151 Å². The Bertz CT molecular complexity index is 1360. The van der Waals surface area contributed by atoms with E-state index in [2.05, 4.69) is 17.2 Å². The molecule has 4 rings (SSSR count). The lowest BCUT2D eigenvalue weighted by atomic mass is 10.0. The van der Waals surface area contributed by atoms with Crippen LogP contribution < -0.4 is 10.6 Å². The van der Waals surface area contributed by atoms with Crippen LogP contribution in [-0.2, 0) is 28.7 Å². The molecule has 0 radical (unpaired) electrons. The molecule has 11 nitrogen and oxygen atoms in total. The molecule has 0 spiro atoms. The van der Waals surface area contributed by atoms with Gasteiger partial charge in [-0.2, -0.15) is 0 Å². The van der Waals surface area contributed by atoms with E-state index in [4.69, 9.17) is 9.47 Å². The number of benzene rings is 2. The molecule has 1 fully saturated rings. The summed E-state index contributed by atoms with van der Waals surface area (Å²) in [5, 5.41) is 14.2. The highest BCUT2D eigenvalue weighted by Crippen LogP contribution is 2.40. The summed E-state index contributed by atoms with van der Waals surface area (Å²) in [7, 11) is 0. The molecule has 3 atom stereocenters. The van der Waals surface area contributed by atoms with Crippen LogP contribution in [0.2, 0.25) is 0 Å². The molecule has 0 bridgehead atoms. The fourth-order valence-corrected chi connectivity index (χ4v) is 6.20. The van der Waals surface area contributed by atoms with Crippen LogP contribution in [0, 0.1) is 0 Å². The first-order valence-electron chi connectivity index (χ1n) is 13.8. The highest BCUT2D eigenvalue weighted by molar-refractivity contribution is 8.00. The molecule has 2 aromatic rings. The number of esters is 1. The van der Waals surface area contributed by atoms with Gasteiger partial charge in [-0.05, 0) is 36.5 Å². The number of allylic oxidation sites excluding steroid dienone is 1. The third kappa shape index (κ3) is 7.44. The van der Waals surface area contributed by atoms with Gasteiger partial charge in [0.15, 0.2) is 6.10 Å². The molecular formula is C31H33N3O8S. The molecule has 2 aliphatic heterocycles. The molecule has 2 heterocycles. The average Bonchev–Trinajstić information content (AvgIpc) is 3.01. The summed E-state index contributed by atoms with van der Waals surface area (Å²) >= 11 is 1.34. The molecule has 2 aliphatic rings. The van der Waals surface area contributed by atoms with Gasteiger partial charge < -0.3 is 25.2 Å². The van der Waals surface area contributed by atoms with E-state index in [0.717, 1.165) is 11.1 Å². The standard InChI is InChI=1S/C31H33N3O8S/c1-3-19-18-43-28-24(27(36)34(28)25(19)29(37)38)33-23(35)17-11-16-22(32-31(40)41-4-2)30(39)42-26(20-12-7-5-8-13-20)21-14-9-6-10-15-21/h3,5-10,12-15,22,24,26,28H,1,4,11,16-18H2,2H3,(H,32,40)(H,33,35)(H,37,38)/t22?,24?,28-/m0/s1. The van der Waals surface area contributed by atoms with E-state index in [9.17, 15) is 29.1 Å². The van der Waals surface area contributed by atoms with E-state index in [1.54, 1.807) is 6.92 Å². The van der Waals surface area contributed by atoms with Crippen molar-refractivity contribution in [1.82, 2.24) is 15.5 Å². The molecule has 2 aromatic carbocycles. The van der Waals surface area contributed by atoms with Gasteiger partial charge >= 0.3 is 18.0 Å². The summed E-state index contributed by atoms with van der Waals surface area (Å²) in [6.45, 7) is 5.36. The molecule has 3 N–H and O–H groups in total. The maximum absolute atomic E-state index is 13.4. The summed E-state index contributed by atoms with van der Waals surface area (Å²) in [4.78, 5) is 64.0. The van der Waals surface area contributed by atoms with Crippen molar-refractivity contribution < 1.29 is 38.6 Å². The minimum absolute atomic E-state index is 0.0458. The molecule has 12 heteroatoms. The van der Waals surface area contributed by atoms with Crippen molar-refractivity contribution in [2.45, 2.75) is 49.7 Å². The minimum Gasteiger partial charge on any atom is -0.477 e. The number of hydrogen-bond acceptors (Lipinski definition) is 8. The number of thioether (sulfide) groups is 1. The van der Waals surface area contributed by atoms with Crippen LogP contribution in [0.1, 0.15) is 43.4 Å². The number of carboxylic acids is 1. The van der Waals surface area contributed by atoms with Gasteiger partial charge in [-0.1, -0.05) is 73.3 Å². The first-order valence-corrected chi connectivity index (χ1v) is 14.9. The lowest BCUT2D eigenvalue weighted by Crippen LogP contribution is -2.70. The van der Waals surface area contributed by atoms with E-state index in [-0.39, 0.29) is 31.6 Å². The maximum Gasteiger partial charge on any atom is 0.407 e. The Balaban J connectivity index is 1.38. The minimum atomic E-state index is -1.23. The maximum atomic E-state index is 13.4. The van der Waals surface area contributed by atoms with Crippen molar-refractivity contribution in [3.8, 4) is 0 Å². The number of carbonyl (C=O) groups excluding carboxylic acids is 4. The number of amides is 3. The second-order valence-electron chi connectivity index (χ2n) is 9.79. The number of aliphatic carboxylic acids is 1. The summed E-state index contributed by atoms with van der Waals surface area (Å²) in [5.41, 5.74) is 1.82. The molecule has 2 unspecified atom stereocenters. The van der Waals surface area contributed by atoms with Crippen LogP contribution in [0.4, 0.5) is 4.79 Å². The van der Waals surface area contributed by atoms with Gasteiger partial charge in [0.25, 0.3) is 5.91 Å². The second kappa shape index (κ2) is 14.5. The first kappa shape index (κ1) is 31.4. The molecular weight excluding hydrogens is 574 g/mol. The van der Waals surface area contributed by atoms with Crippen molar-refractivity contribution >= 4 is 41.6 Å². The van der Waals surface area contributed by atoms with Gasteiger partial charge in [0.1, 0.15) is 23.2 Å². The highest BCUT2D eigenvalue weighted by atomic mass is 32.2. The Hall–Kier alpha value is -4.58. The zero-order chi connectivity index (χ0) is 30.9. The fraction of sp³-hybridized carbons (Fsp3) is 0.323. The lowest BCUT2D eigenvalue weighted by Gasteiger charge is -2.49. The SMILES string of the molecule is C=CC1=C(C(=O)O)N2C(=O)C(NC(=O)CCCC(NC(=O)OCC)C(=O)OC(c3ccccc3)c3ccccc3)[C@@H]2SC1. The van der Waals surface area contributed by atoms with Crippen LogP contribution in [0.15, 0.2) is 84.6 Å². The Morgan fingerprint density at radius 2 is 1.72 bits per heavy atom. The highest BCUT2D eigenvalue weighted by Gasteiger charge is 2.53. The number of nitrogens with zero attached hydrogens (tertiary/aromatic N) is 1. The second-order valence-corrected chi connectivity index (χ2v) is 10.9. The number of ether oxygens (including phenoxy) is 2. The molecule has 43 heavy (non-hydrogen) atoms. The number of hydrogen-bond donors (Lipinski definition) is 3. The number of carbonyl (C=O) groups is 5. The number of alkyl carbamates (subject to hydrolysis) is 1. The van der Waals surface area contributed by atoms with Crippen LogP contribution in [0.3, 0.4) is 0 Å². The van der Waals surface area contributed by atoms with Crippen molar-refractivity contribution in [3.63, 3.8) is 0 Å². The third-order valence-electron chi connectivity index (χ3n) is 6.95. The van der Waals surface area contributed by atoms with E-state index >= 15 is 0 Å². The average molecular weight is 608 g/mol. The molecule has 226 valence electrons. The fourth-order valence-electron chi connectivity index (χ4n) is 4.86. The summed E-state index contributed by atoms with van der Waals surface area (Å²) in [5.74, 6) is -2.53. The van der Waals surface area contributed by atoms with Crippen molar-refractivity contribution in [3.05, 3.63) is 95.7 Å². The van der Waals surface area contributed by atoms with Crippen LogP contribution in [-0.4, -0.2) is 69.7 Å².